The number of nitrogens with zero attached hydrogens (tertiary/aromatic N) is 1. The molecule has 0 saturated carbocycles. The number of halogens is 1. The van der Waals surface area contributed by atoms with Crippen molar-refractivity contribution in [3.8, 4) is 0 Å². The second kappa shape index (κ2) is 6.80. The lowest BCUT2D eigenvalue weighted by Crippen LogP contribution is -2.14. The average molecular weight is 213 g/mol. The molecule has 0 aliphatic heterocycles. The van der Waals surface area contributed by atoms with Crippen LogP contribution in [0.5, 0.6) is 0 Å². The van der Waals surface area contributed by atoms with Crippen molar-refractivity contribution in [3.63, 3.8) is 0 Å². The third-order valence-corrected chi connectivity index (χ3v) is 2.30. The Kier molecular flexibility index (Phi) is 5.57. The van der Waals surface area contributed by atoms with E-state index in [9.17, 15) is 0 Å². The Morgan fingerprint density at radius 1 is 1.36 bits per heavy atom. The predicted molar refractivity (Wildman–Crippen MR) is 60.5 cm³/mol. The summed E-state index contributed by atoms with van der Waals surface area (Å²) in [7, 11) is 0. The minimum atomic E-state index is 0.555. The number of pyridine rings is 1. The van der Waals surface area contributed by atoms with Crippen LogP contribution >= 0.6 is 11.6 Å². The number of unbranched alkanes of at least 4 members (excludes halogenated alkanes) is 2. The van der Waals surface area contributed by atoms with E-state index in [-0.39, 0.29) is 0 Å². The summed E-state index contributed by atoms with van der Waals surface area (Å²) in [6.07, 6.45) is 5.63. The Morgan fingerprint density at radius 2 is 2.21 bits per heavy atom. The number of hydrogen-bond donors (Lipinski definition) is 1. The Balaban J connectivity index is 2.15. The van der Waals surface area contributed by atoms with Gasteiger partial charge in [0.25, 0.3) is 0 Å². The molecular weight excluding hydrogens is 196 g/mol. The lowest BCUT2D eigenvalue weighted by Gasteiger charge is -2.03. The molecule has 78 valence electrons. The zero-order valence-corrected chi connectivity index (χ0v) is 9.35. The molecule has 0 amide bonds. The van der Waals surface area contributed by atoms with Crippen LogP contribution in [0.1, 0.15) is 31.7 Å². The van der Waals surface area contributed by atoms with Gasteiger partial charge in [-0.2, -0.15) is 0 Å². The lowest BCUT2D eigenvalue weighted by atomic mass is 10.2. The maximum atomic E-state index is 5.68. The Morgan fingerprint density at radius 3 is 2.86 bits per heavy atom. The summed E-state index contributed by atoms with van der Waals surface area (Å²) in [6.45, 7) is 4.17. The van der Waals surface area contributed by atoms with E-state index < -0.39 is 0 Å². The smallest absolute Gasteiger partial charge is 0.129 e. The predicted octanol–water partition coefficient (Wildman–Crippen LogP) is 3.01. The molecule has 3 heteroatoms. The first-order valence-electron chi connectivity index (χ1n) is 5.14. The second-order valence-corrected chi connectivity index (χ2v) is 3.76. The van der Waals surface area contributed by atoms with Crippen molar-refractivity contribution in [2.24, 2.45) is 0 Å². The van der Waals surface area contributed by atoms with Gasteiger partial charge in [-0.1, -0.05) is 37.4 Å². The quantitative estimate of drug-likeness (QED) is 0.579. The highest BCUT2D eigenvalue weighted by molar-refractivity contribution is 6.29. The van der Waals surface area contributed by atoms with Crippen LogP contribution in [-0.2, 0) is 6.54 Å². The molecule has 1 heterocycles. The third kappa shape index (κ3) is 4.58. The summed E-state index contributed by atoms with van der Waals surface area (Å²) in [5, 5.41) is 3.93. The first kappa shape index (κ1) is 11.5. The Hall–Kier alpha value is -0.600. The van der Waals surface area contributed by atoms with Crippen molar-refractivity contribution in [3.05, 3.63) is 29.0 Å². The maximum absolute atomic E-state index is 5.68. The summed E-state index contributed by atoms with van der Waals surface area (Å²) in [6, 6.07) is 3.83. The van der Waals surface area contributed by atoms with Crippen LogP contribution in [0.3, 0.4) is 0 Å². The fourth-order valence-corrected chi connectivity index (χ4v) is 1.36. The molecule has 1 aromatic rings. The Bertz CT molecular complexity index is 246. The molecule has 1 N–H and O–H groups in total. The van der Waals surface area contributed by atoms with Gasteiger partial charge in [-0.15, -0.1) is 0 Å². The molecule has 0 saturated heterocycles. The van der Waals surface area contributed by atoms with Gasteiger partial charge < -0.3 is 5.32 Å². The molecule has 14 heavy (non-hydrogen) atoms. The van der Waals surface area contributed by atoms with Crippen molar-refractivity contribution in [1.29, 1.82) is 0 Å². The van der Waals surface area contributed by atoms with E-state index >= 15 is 0 Å². The van der Waals surface area contributed by atoms with Gasteiger partial charge in [0.1, 0.15) is 5.15 Å². The molecule has 0 spiro atoms. The molecule has 0 aromatic carbocycles. The molecule has 0 atom stereocenters. The van der Waals surface area contributed by atoms with Crippen molar-refractivity contribution >= 4 is 11.6 Å². The summed E-state index contributed by atoms with van der Waals surface area (Å²) in [5.41, 5.74) is 1.19. The number of rotatable bonds is 6. The zero-order chi connectivity index (χ0) is 10.2. The normalized spacial score (nSPS) is 10.4. The van der Waals surface area contributed by atoms with Gasteiger partial charge in [-0.05, 0) is 24.6 Å². The van der Waals surface area contributed by atoms with Crippen LogP contribution < -0.4 is 5.32 Å². The fraction of sp³-hybridized carbons (Fsp3) is 0.545. The molecule has 0 fully saturated rings. The van der Waals surface area contributed by atoms with E-state index in [0.717, 1.165) is 13.1 Å². The van der Waals surface area contributed by atoms with Crippen molar-refractivity contribution in [2.45, 2.75) is 32.7 Å². The molecular formula is C11H17ClN2. The van der Waals surface area contributed by atoms with Gasteiger partial charge in [0, 0.05) is 12.7 Å². The van der Waals surface area contributed by atoms with E-state index in [4.69, 9.17) is 11.6 Å². The lowest BCUT2D eigenvalue weighted by molar-refractivity contribution is 0.616. The molecule has 0 aliphatic rings. The summed E-state index contributed by atoms with van der Waals surface area (Å²) >= 11 is 5.68. The van der Waals surface area contributed by atoms with Crippen LogP contribution in [-0.4, -0.2) is 11.5 Å². The van der Waals surface area contributed by atoms with Crippen LogP contribution in [0.2, 0.25) is 5.15 Å². The van der Waals surface area contributed by atoms with Gasteiger partial charge in [0.05, 0.1) is 0 Å². The zero-order valence-electron chi connectivity index (χ0n) is 8.59. The second-order valence-electron chi connectivity index (χ2n) is 3.37. The minimum absolute atomic E-state index is 0.555. The number of aromatic nitrogens is 1. The van der Waals surface area contributed by atoms with Gasteiger partial charge >= 0.3 is 0 Å². The molecule has 1 aromatic heterocycles. The summed E-state index contributed by atoms with van der Waals surface area (Å²) in [4.78, 5) is 4.02. The van der Waals surface area contributed by atoms with Crippen molar-refractivity contribution in [2.75, 3.05) is 6.54 Å². The SMILES string of the molecule is CCCCCNCc1ccc(Cl)nc1. The van der Waals surface area contributed by atoms with Crippen molar-refractivity contribution in [1.82, 2.24) is 10.3 Å². The molecule has 0 radical (unpaired) electrons. The highest BCUT2D eigenvalue weighted by atomic mass is 35.5. The van der Waals surface area contributed by atoms with E-state index in [0.29, 0.717) is 5.15 Å². The van der Waals surface area contributed by atoms with E-state index in [1.807, 2.05) is 18.3 Å². The van der Waals surface area contributed by atoms with E-state index in [2.05, 4.69) is 17.2 Å². The molecule has 2 nitrogen and oxygen atoms in total. The van der Waals surface area contributed by atoms with E-state index in [1.165, 1.54) is 24.8 Å². The highest BCUT2D eigenvalue weighted by Gasteiger charge is 1.93. The first-order chi connectivity index (χ1) is 6.83. The third-order valence-electron chi connectivity index (χ3n) is 2.07. The van der Waals surface area contributed by atoms with Crippen LogP contribution in [0.4, 0.5) is 0 Å². The average Bonchev–Trinajstić information content (AvgIpc) is 2.21. The molecule has 0 bridgehead atoms. The largest absolute Gasteiger partial charge is 0.313 e. The highest BCUT2D eigenvalue weighted by Crippen LogP contribution is 2.04. The topological polar surface area (TPSA) is 24.9 Å². The minimum Gasteiger partial charge on any atom is -0.313 e. The standard InChI is InChI=1S/C11H17ClN2/c1-2-3-4-7-13-8-10-5-6-11(12)14-9-10/h5-6,9,13H,2-4,7-8H2,1H3. The van der Waals surface area contributed by atoms with Crippen LogP contribution in [0.25, 0.3) is 0 Å². The van der Waals surface area contributed by atoms with Gasteiger partial charge in [-0.25, -0.2) is 4.98 Å². The molecule has 0 aliphatic carbocycles. The monoisotopic (exact) mass is 212 g/mol. The molecule has 0 unspecified atom stereocenters. The van der Waals surface area contributed by atoms with Crippen LogP contribution in [0, 0.1) is 0 Å². The molecule has 1 rings (SSSR count). The fourth-order valence-electron chi connectivity index (χ4n) is 1.24. The number of nitrogens with one attached hydrogen (secondary N) is 1. The number of hydrogen-bond acceptors (Lipinski definition) is 2. The van der Waals surface area contributed by atoms with Crippen molar-refractivity contribution < 1.29 is 0 Å². The van der Waals surface area contributed by atoms with E-state index in [1.54, 1.807) is 0 Å². The summed E-state index contributed by atoms with van der Waals surface area (Å²) < 4.78 is 0. The van der Waals surface area contributed by atoms with Gasteiger partial charge in [0.2, 0.25) is 0 Å². The summed E-state index contributed by atoms with van der Waals surface area (Å²) in [5.74, 6) is 0. The van der Waals surface area contributed by atoms with Crippen LogP contribution in [0.15, 0.2) is 18.3 Å². The van der Waals surface area contributed by atoms with Gasteiger partial charge in [-0.3, -0.25) is 0 Å². The maximum Gasteiger partial charge on any atom is 0.129 e. The Labute approximate surface area is 90.7 Å². The van der Waals surface area contributed by atoms with Gasteiger partial charge in [0.15, 0.2) is 0 Å². The first-order valence-corrected chi connectivity index (χ1v) is 5.52.